The van der Waals surface area contributed by atoms with Gasteiger partial charge in [-0.3, -0.25) is 14.6 Å². The summed E-state index contributed by atoms with van der Waals surface area (Å²) >= 11 is 0. The van der Waals surface area contributed by atoms with E-state index in [0.29, 0.717) is 44.5 Å². The van der Waals surface area contributed by atoms with E-state index >= 15 is 0 Å². The molecular formula is C22H22N4O3. The van der Waals surface area contributed by atoms with Crippen LogP contribution in [0.4, 0.5) is 0 Å². The van der Waals surface area contributed by atoms with Crippen LogP contribution < -0.4 is 0 Å². The lowest BCUT2D eigenvalue weighted by molar-refractivity contribution is -0.150. The monoisotopic (exact) mass is 390 g/mol. The zero-order chi connectivity index (χ0) is 19.8. The van der Waals surface area contributed by atoms with Crippen LogP contribution in [0.25, 0.3) is 11.0 Å². The molecule has 7 nitrogen and oxygen atoms in total. The molecule has 2 aromatic heterocycles. The lowest BCUT2D eigenvalue weighted by atomic mass is 9.76. The van der Waals surface area contributed by atoms with Crippen molar-refractivity contribution in [3.8, 4) is 0 Å². The number of esters is 1. The van der Waals surface area contributed by atoms with Crippen LogP contribution in [-0.4, -0.2) is 50.5 Å². The number of amides is 1. The number of ether oxygens (including phenoxy) is 1. The quantitative estimate of drug-likeness (QED) is 0.643. The van der Waals surface area contributed by atoms with E-state index in [1.54, 1.807) is 30.9 Å². The topological polar surface area (TPSA) is 77.3 Å². The van der Waals surface area contributed by atoms with Crippen molar-refractivity contribution in [1.29, 1.82) is 0 Å². The number of rotatable bonds is 3. The number of hydrogen-bond acceptors (Lipinski definition) is 5. The Morgan fingerprint density at radius 2 is 1.90 bits per heavy atom. The van der Waals surface area contributed by atoms with Crippen LogP contribution in [-0.2, 0) is 16.1 Å². The summed E-state index contributed by atoms with van der Waals surface area (Å²) in [5, 5.41) is 0. The molecule has 29 heavy (non-hydrogen) atoms. The predicted molar refractivity (Wildman–Crippen MR) is 106 cm³/mol. The Hall–Kier alpha value is -3.22. The van der Waals surface area contributed by atoms with Crippen LogP contribution in [0.2, 0.25) is 0 Å². The molecule has 0 radical (unpaired) electrons. The maximum absolute atomic E-state index is 12.7. The molecule has 148 valence electrons. The molecule has 5 rings (SSSR count). The highest BCUT2D eigenvalue weighted by molar-refractivity contribution is 5.94. The Labute approximate surface area is 168 Å². The van der Waals surface area contributed by atoms with Gasteiger partial charge in [0.25, 0.3) is 5.91 Å². The van der Waals surface area contributed by atoms with Crippen molar-refractivity contribution in [2.75, 3.05) is 13.1 Å². The molecule has 1 unspecified atom stereocenters. The summed E-state index contributed by atoms with van der Waals surface area (Å²) < 4.78 is 7.81. The Morgan fingerprint density at radius 3 is 2.69 bits per heavy atom. The fourth-order valence-electron chi connectivity index (χ4n) is 4.54. The van der Waals surface area contributed by atoms with Crippen LogP contribution in [0.15, 0.2) is 55.1 Å². The first-order valence-corrected chi connectivity index (χ1v) is 9.95. The maximum atomic E-state index is 12.7. The molecule has 2 aliphatic heterocycles. The van der Waals surface area contributed by atoms with Gasteiger partial charge in [0.2, 0.25) is 0 Å². The number of piperidine rings is 1. The van der Waals surface area contributed by atoms with E-state index in [0.717, 1.165) is 11.0 Å². The van der Waals surface area contributed by atoms with E-state index in [1.807, 2.05) is 33.7 Å². The SMILES string of the molecule is O=C(c1ccncc1)N1CCC2(CC1)CC(Cn1cnc3ccccc31)OC2=O. The lowest BCUT2D eigenvalue weighted by Gasteiger charge is -2.36. The van der Waals surface area contributed by atoms with Crippen LogP contribution in [0.3, 0.4) is 0 Å². The van der Waals surface area contributed by atoms with Gasteiger partial charge in [0, 0.05) is 37.5 Å². The third kappa shape index (κ3) is 3.16. The van der Waals surface area contributed by atoms with Gasteiger partial charge >= 0.3 is 5.97 Å². The number of imidazole rings is 1. The van der Waals surface area contributed by atoms with E-state index in [1.165, 1.54) is 0 Å². The summed E-state index contributed by atoms with van der Waals surface area (Å²) in [6.07, 6.45) is 6.86. The normalized spacial score (nSPS) is 20.9. The molecular weight excluding hydrogens is 368 g/mol. The summed E-state index contributed by atoms with van der Waals surface area (Å²) in [5.41, 5.74) is 2.14. The molecule has 7 heteroatoms. The van der Waals surface area contributed by atoms with Crippen molar-refractivity contribution in [2.45, 2.75) is 31.9 Å². The number of likely N-dealkylation sites (tertiary alicyclic amines) is 1. The van der Waals surface area contributed by atoms with Crippen molar-refractivity contribution >= 4 is 22.9 Å². The Balaban J connectivity index is 1.25. The number of benzene rings is 1. The van der Waals surface area contributed by atoms with Gasteiger partial charge < -0.3 is 14.2 Å². The van der Waals surface area contributed by atoms with Crippen LogP contribution >= 0.6 is 0 Å². The summed E-state index contributed by atoms with van der Waals surface area (Å²) in [5.74, 6) is -0.127. The minimum absolute atomic E-state index is 0.00458. The van der Waals surface area contributed by atoms with Crippen molar-refractivity contribution in [2.24, 2.45) is 5.41 Å². The number of carbonyl (C=O) groups excluding carboxylic acids is 2. The number of carbonyl (C=O) groups is 2. The smallest absolute Gasteiger partial charge is 0.312 e. The van der Waals surface area contributed by atoms with E-state index < -0.39 is 5.41 Å². The highest BCUT2D eigenvalue weighted by Gasteiger charge is 2.50. The number of aromatic nitrogens is 3. The number of cyclic esters (lactones) is 1. The van der Waals surface area contributed by atoms with E-state index in [9.17, 15) is 9.59 Å². The summed E-state index contributed by atoms with van der Waals surface area (Å²) in [6, 6.07) is 11.4. The van der Waals surface area contributed by atoms with Gasteiger partial charge in [-0.05, 0) is 37.1 Å². The average molecular weight is 390 g/mol. The van der Waals surface area contributed by atoms with Gasteiger partial charge in [0.15, 0.2) is 0 Å². The van der Waals surface area contributed by atoms with Gasteiger partial charge in [0.05, 0.1) is 29.3 Å². The third-order valence-corrected chi connectivity index (χ3v) is 6.19. The third-order valence-electron chi connectivity index (χ3n) is 6.19. The first kappa shape index (κ1) is 17.8. The molecule has 1 amide bonds. The molecule has 4 heterocycles. The standard InChI is InChI=1S/C22H22N4O3/c27-20(16-5-9-23-10-6-16)25-11-7-22(8-12-25)13-17(29-21(22)28)14-26-15-24-18-3-1-2-4-19(18)26/h1-6,9-10,15,17H,7-8,11-14H2. The predicted octanol–water partition coefficient (Wildman–Crippen LogP) is 2.67. The average Bonchev–Trinajstić information content (AvgIpc) is 3.30. The van der Waals surface area contributed by atoms with Gasteiger partial charge in [0.1, 0.15) is 6.10 Å². The summed E-state index contributed by atoms with van der Waals surface area (Å²) in [6.45, 7) is 1.74. The largest absolute Gasteiger partial charge is 0.460 e. The zero-order valence-electron chi connectivity index (χ0n) is 16.0. The molecule has 0 aliphatic carbocycles. The Morgan fingerprint density at radius 1 is 1.14 bits per heavy atom. The Kier molecular flexibility index (Phi) is 4.30. The molecule has 2 saturated heterocycles. The molecule has 1 aromatic carbocycles. The van der Waals surface area contributed by atoms with E-state index in [4.69, 9.17) is 4.74 Å². The van der Waals surface area contributed by atoms with E-state index in [-0.39, 0.29) is 18.0 Å². The number of nitrogens with zero attached hydrogens (tertiary/aromatic N) is 4. The van der Waals surface area contributed by atoms with Gasteiger partial charge in [-0.2, -0.15) is 0 Å². The summed E-state index contributed by atoms with van der Waals surface area (Å²) in [7, 11) is 0. The maximum Gasteiger partial charge on any atom is 0.312 e. The molecule has 2 aliphatic rings. The number of fused-ring (bicyclic) bond motifs is 1. The molecule has 3 aromatic rings. The highest BCUT2D eigenvalue weighted by atomic mass is 16.6. The minimum atomic E-state index is -0.476. The molecule has 1 atom stereocenters. The second kappa shape index (κ2) is 6.99. The lowest BCUT2D eigenvalue weighted by Crippen LogP contribution is -2.45. The minimum Gasteiger partial charge on any atom is -0.460 e. The highest BCUT2D eigenvalue weighted by Crippen LogP contribution is 2.43. The fraction of sp³-hybridized carbons (Fsp3) is 0.364. The zero-order valence-corrected chi connectivity index (χ0v) is 16.0. The van der Waals surface area contributed by atoms with Gasteiger partial charge in [-0.25, -0.2) is 4.98 Å². The molecule has 2 fully saturated rings. The van der Waals surface area contributed by atoms with Crippen molar-refractivity contribution in [3.63, 3.8) is 0 Å². The second-order valence-electron chi connectivity index (χ2n) is 7.93. The van der Waals surface area contributed by atoms with Crippen LogP contribution in [0, 0.1) is 5.41 Å². The van der Waals surface area contributed by atoms with Crippen molar-refractivity contribution in [1.82, 2.24) is 19.4 Å². The number of pyridine rings is 1. The van der Waals surface area contributed by atoms with Crippen LogP contribution in [0.5, 0.6) is 0 Å². The molecule has 0 saturated carbocycles. The van der Waals surface area contributed by atoms with Crippen molar-refractivity contribution in [3.05, 3.63) is 60.7 Å². The van der Waals surface area contributed by atoms with Gasteiger partial charge in [-0.1, -0.05) is 12.1 Å². The first-order chi connectivity index (χ1) is 14.1. The molecule has 0 N–H and O–H groups in total. The van der Waals surface area contributed by atoms with Gasteiger partial charge in [-0.15, -0.1) is 0 Å². The second-order valence-corrected chi connectivity index (χ2v) is 7.93. The molecule has 0 bridgehead atoms. The molecule has 1 spiro atoms. The Bertz CT molecular complexity index is 1050. The fourth-order valence-corrected chi connectivity index (χ4v) is 4.54. The van der Waals surface area contributed by atoms with E-state index in [2.05, 4.69) is 9.97 Å². The van der Waals surface area contributed by atoms with Crippen LogP contribution in [0.1, 0.15) is 29.6 Å². The van der Waals surface area contributed by atoms with Crippen molar-refractivity contribution < 1.29 is 14.3 Å². The first-order valence-electron chi connectivity index (χ1n) is 9.95. The summed E-state index contributed by atoms with van der Waals surface area (Å²) in [4.78, 5) is 35.6. The number of para-hydroxylation sites is 2. The number of hydrogen-bond donors (Lipinski definition) is 0.